The van der Waals surface area contributed by atoms with Gasteiger partial charge in [-0.1, -0.05) is 337 Å². The van der Waals surface area contributed by atoms with Crippen LogP contribution in [-0.4, -0.2) is 96.7 Å². The van der Waals surface area contributed by atoms with E-state index in [0.29, 0.717) is 25.7 Å². The van der Waals surface area contributed by atoms with E-state index in [1.807, 2.05) is 0 Å². The van der Waals surface area contributed by atoms with Crippen LogP contribution in [0.25, 0.3) is 0 Å². The maximum atomic E-state index is 13.1. The van der Waals surface area contributed by atoms with Crippen LogP contribution in [0.5, 0.6) is 0 Å². The minimum atomic E-state index is -4.98. The van der Waals surface area contributed by atoms with Crippen molar-refractivity contribution in [3.05, 3.63) is 85.1 Å². The average molecular weight is 1510 g/mol. The minimum Gasteiger partial charge on any atom is -0.462 e. The molecule has 0 amide bonds. The molecule has 5 atom stereocenters. The van der Waals surface area contributed by atoms with Crippen molar-refractivity contribution >= 4 is 39.5 Å². The Morgan fingerprint density at radius 3 is 0.769 bits per heavy atom. The minimum absolute atomic E-state index is 0.0943. The summed E-state index contributed by atoms with van der Waals surface area (Å²) < 4.78 is 68.8. The molecule has 0 aromatic carbocycles. The van der Waals surface area contributed by atoms with Crippen LogP contribution in [0.1, 0.15) is 374 Å². The standard InChI is InChI=1S/C85H152O17P2/c1-5-9-13-17-21-25-29-33-37-39-43-45-49-53-57-61-65-69-82(87)95-75-80(101-84(89)71-67-63-59-55-51-47-41-35-31-27-23-19-15-11-7-3)77-99-103(91,92)97-73-79(86)74-98-104(93,94)100-78-81(102-85(90)72-68-64-60-56-52-48-42-36-32-28-24-20-16-12-8-4)76-96-83(88)70-66-62-58-54-50-46-44-40-38-34-30-26-22-18-14-10-6-2/h9-10,13-14,21-22,25-26,33-34,37-38,43,45,79-81,86H,5-8,11-12,15-20,23-24,27-32,35-36,39-42,44,46-78H2,1-4H3,(H,91,92)(H,93,94)/b13-9-,14-10-,25-21-,26-22-,37-33-,38-34-,45-43-. The molecule has 0 aliphatic carbocycles. The summed E-state index contributed by atoms with van der Waals surface area (Å²) >= 11 is 0. The summed E-state index contributed by atoms with van der Waals surface area (Å²) in [6.07, 6.45) is 81.1. The number of hydrogen-bond donors (Lipinski definition) is 3. The molecule has 3 N–H and O–H groups in total. The number of phosphoric acid groups is 2. The van der Waals surface area contributed by atoms with Gasteiger partial charge in [0.05, 0.1) is 26.4 Å². The fourth-order valence-corrected chi connectivity index (χ4v) is 13.2. The van der Waals surface area contributed by atoms with Crippen molar-refractivity contribution in [2.45, 2.75) is 393 Å². The largest absolute Gasteiger partial charge is 0.472 e. The molecule has 0 aliphatic heterocycles. The van der Waals surface area contributed by atoms with E-state index in [0.717, 1.165) is 167 Å². The average Bonchev–Trinajstić information content (AvgIpc) is 0.937. The summed E-state index contributed by atoms with van der Waals surface area (Å²) in [4.78, 5) is 73.2. The Bertz CT molecular complexity index is 2300. The Kier molecular flexibility index (Phi) is 74.6. The molecule has 104 heavy (non-hydrogen) atoms. The van der Waals surface area contributed by atoms with Crippen molar-refractivity contribution in [3.8, 4) is 0 Å². The number of aliphatic hydroxyl groups excluding tert-OH is 1. The first-order valence-electron chi connectivity index (χ1n) is 41.8. The number of hydrogen-bond acceptors (Lipinski definition) is 15. The van der Waals surface area contributed by atoms with Crippen LogP contribution < -0.4 is 0 Å². The van der Waals surface area contributed by atoms with Crippen LogP contribution in [0.4, 0.5) is 0 Å². The van der Waals surface area contributed by atoms with Crippen LogP contribution >= 0.6 is 15.6 Å². The van der Waals surface area contributed by atoms with Gasteiger partial charge < -0.3 is 33.8 Å². The first kappa shape index (κ1) is 100. The molecule has 0 aromatic rings. The van der Waals surface area contributed by atoms with Gasteiger partial charge in [-0.3, -0.25) is 37.3 Å². The normalized spacial score (nSPS) is 14.3. The van der Waals surface area contributed by atoms with Crippen LogP contribution in [0.15, 0.2) is 85.1 Å². The van der Waals surface area contributed by atoms with Gasteiger partial charge in [0.2, 0.25) is 0 Å². The van der Waals surface area contributed by atoms with Crippen LogP contribution in [0, 0.1) is 0 Å². The zero-order valence-electron chi connectivity index (χ0n) is 66.2. The van der Waals surface area contributed by atoms with Gasteiger partial charge in [-0.15, -0.1) is 0 Å². The third kappa shape index (κ3) is 76.4. The number of esters is 4. The van der Waals surface area contributed by atoms with Crippen molar-refractivity contribution in [2.75, 3.05) is 39.6 Å². The predicted molar refractivity (Wildman–Crippen MR) is 427 cm³/mol. The Balaban J connectivity index is 5.35. The van der Waals surface area contributed by atoms with Gasteiger partial charge in [-0.25, -0.2) is 9.13 Å². The smallest absolute Gasteiger partial charge is 0.462 e. The van der Waals surface area contributed by atoms with Gasteiger partial charge >= 0.3 is 39.5 Å². The summed E-state index contributed by atoms with van der Waals surface area (Å²) in [5.41, 5.74) is 0. The van der Waals surface area contributed by atoms with Gasteiger partial charge in [-0.05, 0) is 96.3 Å². The molecule has 0 bridgehead atoms. The maximum Gasteiger partial charge on any atom is 0.472 e. The third-order valence-corrected chi connectivity index (χ3v) is 19.8. The monoisotopic (exact) mass is 1510 g/mol. The van der Waals surface area contributed by atoms with E-state index >= 15 is 0 Å². The highest BCUT2D eigenvalue weighted by molar-refractivity contribution is 7.47. The quantitative estimate of drug-likeness (QED) is 0.0169. The van der Waals surface area contributed by atoms with E-state index in [1.165, 1.54) is 128 Å². The summed E-state index contributed by atoms with van der Waals surface area (Å²) in [5.74, 6) is -2.18. The Hall–Kier alpha value is -3.76. The maximum absolute atomic E-state index is 13.1. The second-order valence-corrected chi connectivity index (χ2v) is 30.9. The topological polar surface area (TPSA) is 237 Å². The molecule has 604 valence electrons. The second kappa shape index (κ2) is 77.4. The highest BCUT2D eigenvalue weighted by atomic mass is 31.2. The number of carbonyl (C=O) groups is 4. The number of aliphatic hydroxyl groups is 1. The molecule has 0 spiro atoms. The van der Waals surface area contributed by atoms with E-state index in [2.05, 4.69) is 113 Å². The Labute approximate surface area is 634 Å². The molecule has 0 saturated heterocycles. The molecule has 0 heterocycles. The van der Waals surface area contributed by atoms with Crippen molar-refractivity contribution < 1.29 is 80.2 Å². The molecule has 0 fully saturated rings. The van der Waals surface area contributed by atoms with Crippen molar-refractivity contribution in [1.82, 2.24) is 0 Å². The molecule has 0 saturated carbocycles. The first-order valence-corrected chi connectivity index (χ1v) is 44.8. The number of unbranched alkanes of at least 4 members (excludes halogenated alkanes) is 39. The van der Waals surface area contributed by atoms with Crippen molar-refractivity contribution in [2.24, 2.45) is 0 Å². The van der Waals surface area contributed by atoms with Gasteiger partial charge in [0.25, 0.3) is 0 Å². The van der Waals surface area contributed by atoms with E-state index < -0.39 is 97.5 Å². The number of ether oxygens (including phenoxy) is 4. The fraction of sp³-hybridized carbons (Fsp3) is 0.788. The van der Waals surface area contributed by atoms with E-state index in [4.69, 9.17) is 37.0 Å². The number of carbonyl (C=O) groups excluding carboxylic acids is 4. The highest BCUT2D eigenvalue weighted by Gasteiger charge is 2.30. The predicted octanol–water partition coefficient (Wildman–Crippen LogP) is 24.6. The summed E-state index contributed by atoms with van der Waals surface area (Å²) in [6.45, 7) is 4.70. The molecule has 17 nitrogen and oxygen atoms in total. The lowest BCUT2D eigenvalue weighted by Gasteiger charge is -2.21. The molecule has 0 radical (unpaired) electrons. The first-order chi connectivity index (χ1) is 50.7. The van der Waals surface area contributed by atoms with Crippen LogP contribution in [-0.2, 0) is 65.4 Å². The zero-order valence-corrected chi connectivity index (χ0v) is 68.0. The Morgan fingerprint density at radius 1 is 0.279 bits per heavy atom. The van der Waals surface area contributed by atoms with Gasteiger partial charge in [0.1, 0.15) is 19.3 Å². The molecular weight excluding hydrogens is 1350 g/mol. The summed E-state index contributed by atoms with van der Waals surface area (Å²) in [5, 5.41) is 10.7. The number of rotatable bonds is 79. The van der Waals surface area contributed by atoms with E-state index in [1.54, 1.807) is 0 Å². The third-order valence-electron chi connectivity index (χ3n) is 17.9. The lowest BCUT2D eigenvalue weighted by molar-refractivity contribution is -0.161. The molecule has 19 heteroatoms. The molecule has 0 rings (SSSR count). The van der Waals surface area contributed by atoms with Gasteiger partial charge in [0, 0.05) is 25.7 Å². The number of allylic oxidation sites excluding steroid dienone is 14. The van der Waals surface area contributed by atoms with E-state index in [9.17, 15) is 43.2 Å². The van der Waals surface area contributed by atoms with E-state index in [-0.39, 0.29) is 25.7 Å². The van der Waals surface area contributed by atoms with Gasteiger partial charge in [0.15, 0.2) is 12.2 Å². The molecular formula is C85H152O17P2. The van der Waals surface area contributed by atoms with Crippen LogP contribution in [0.3, 0.4) is 0 Å². The lowest BCUT2D eigenvalue weighted by Crippen LogP contribution is -2.30. The van der Waals surface area contributed by atoms with Crippen LogP contribution in [0.2, 0.25) is 0 Å². The molecule has 5 unspecified atom stereocenters. The molecule has 0 aromatic heterocycles. The van der Waals surface area contributed by atoms with Crippen molar-refractivity contribution in [1.29, 1.82) is 0 Å². The lowest BCUT2D eigenvalue weighted by atomic mass is 10.0. The summed E-state index contributed by atoms with van der Waals surface area (Å²) in [6, 6.07) is 0. The SMILES string of the molecule is CC/C=C\C/C=C\C/C=C\C/C=C\CCCCCCC(=O)OCC(COP(=O)(O)OCC(O)COP(=O)(O)OCC(COC(=O)CCCCCCCCC/C=C\C/C=C\C/C=C\CC)OC(=O)CCCCCCCCCCCCCCCCC)OC(=O)CCCCCCCCCCCCCCCCC. The molecule has 0 aliphatic rings. The highest BCUT2D eigenvalue weighted by Crippen LogP contribution is 2.45. The summed E-state index contributed by atoms with van der Waals surface area (Å²) in [7, 11) is -9.96. The second-order valence-electron chi connectivity index (χ2n) is 28.0. The number of phosphoric ester groups is 2. The Morgan fingerprint density at radius 2 is 0.500 bits per heavy atom. The van der Waals surface area contributed by atoms with Crippen molar-refractivity contribution in [3.63, 3.8) is 0 Å². The zero-order chi connectivity index (χ0) is 76.0. The fourth-order valence-electron chi connectivity index (χ4n) is 11.6. The van der Waals surface area contributed by atoms with Gasteiger partial charge in [-0.2, -0.15) is 0 Å².